The Balaban J connectivity index is 1.50. The fourth-order valence-electron chi connectivity index (χ4n) is 2.95. The number of amides is 2. The van der Waals surface area contributed by atoms with E-state index >= 15 is 0 Å². The highest BCUT2D eigenvalue weighted by molar-refractivity contribution is 7.22. The molecule has 0 aliphatic carbocycles. The highest BCUT2D eigenvalue weighted by Crippen LogP contribution is 2.36. The number of carbonyl (C=O) groups is 2. The third kappa shape index (κ3) is 5.81. The van der Waals surface area contributed by atoms with Crippen molar-refractivity contribution in [2.75, 3.05) is 16.5 Å². The van der Waals surface area contributed by atoms with E-state index in [1.807, 2.05) is 0 Å². The molecule has 13 heteroatoms. The lowest BCUT2D eigenvalue weighted by molar-refractivity contribution is -0.137. The van der Waals surface area contributed by atoms with Crippen molar-refractivity contribution >= 4 is 67.5 Å². The second kappa shape index (κ2) is 10.1. The lowest BCUT2D eigenvalue weighted by Gasteiger charge is -2.13. The predicted molar refractivity (Wildman–Crippen MR) is 128 cm³/mol. The summed E-state index contributed by atoms with van der Waals surface area (Å²) in [5.74, 6) is -0.878. The summed E-state index contributed by atoms with van der Waals surface area (Å²) in [5, 5.41) is 4.71. The first-order chi connectivity index (χ1) is 16.6. The Morgan fingerprint density at radius 1 is 1.03 bits per heavy atom. The number of halogens is 5. The van der Waals surface area contributed by atoms with Gasteiger partial charge in [-0.3, -0.25) is 9.59 Å². The first kappa shape index (κ1) is 24.7. The van der Waals surface area contributed by atoms with Crippen LogP contribution in [0.1, 0.15) is 15.9 Å². The van der Waals surface area contributed by atoms with Crippen molar-refractivity contribution in [3.63, 3.8) is 0 Å². The minimum atomic E-state index is -4.69. The van der Waals surface area contributed by atoms with E-state index in [0.29, 0.717) is 21.2 Å². The van der Waals surface area contributed by atoms with Crippen LogP contribution in [0.5, 0.6) is 11.6 Å². The molecule has 0 unspecified atom stereocenters. The molecule has 4 rings (SSSR count). The van der Waals surface area contributed by atoms with E-state index in [1.54, 1.807) is 24.3 Å². The Morgan fingerprint density at radius 2 is 1.80 bits per heavy atom. The third-order valence-electron chi connectivity index (χ3n) is 4.46. The second-order valence-corrected chi connectivity index (χ2v) is 8.55. The average Bonchev–Trinajstić information content (AvgIpc) is 3.20. The van der Waals surface area contributed by atoms with Crippen LogP contribution in [0.4, 0.5) is 24.0 Å². The molecular weight excluding hydrogens is 528 g/mol. The minimum Gasteiger partial charge on any atom is -0.439 e. The number of ether oxygens (including phenoxy) is 1. The molecule has 0 radical (unpaired) electrons. The van der Waals surface area contributed by atoms with Gasteiger partial charge in [0.05, 0.1) is 16.1 Å². The SMILES string of the molecule is O=C(CCl)Nc1nc2ccc(Oc3cccc(NC(=O)c4cccc(C(F)(F)F)c4Cl)c3)nc2s1. The van der Waals surface area contributed by atoms with Gasteiger partial charge in [-0.25, -0.2) is 9.97 Å². The quantitative estimate of drug-likeness (QED) is 0.269. The maximum absolute atomic E-state index is 13.1. The van der Waals surface area contributed by atoms with Crippen molar-refractivity contribution in [3.8, 4) is 11.6 Å². The summed E-state index contributed by atoms with van der Waals surface area (Å²) in [5.41, 5.74) is -0.599. The standard InChI is InChI=1S/C22H13Cl2F3N4O3S/c23-10-16(32)30-21-29-15-7-8-17(31-20(15)35-21)34-12-4-1-3-11(9-12)28-19(33)13-5-2-6-14(18(13)24)22(25,26)27/h1-9H,10H2,(H,28,33)(H,29,30,32). The Hall–Kier alpha value is -3.41. The van der Waals surface area contributed by atoms with Crippen LogP contribution in [0, 0.1) is 0 Å². The second-order valence-electron chi connectivity index (χ2n) is 6.92. The molecule has 2 heterocycles. The van der Waals surface area contributed by atoms with Gasteiger partial charge in [0.25, 0.3) is 5.91 Å². The molecule has 0 saturated heterocycles. The largest absolute Gasteiger partial charge is 0.439 e. The van der Waals surface area contributed by atoms with Gasteiger partial charge in [-0.05, 0) is 30.3 Å². The van der Waals surface area contributed by atoms with Gasteiger partial charge >= 0.3 is 6.18 Å². The number of pyridine rings is 1. The fourth-order valence-corrected chi connectivity index (χ4v) is 4.18. The molecule has 0 atom stereocenters. The Bertz CT molecular complexity index is 1430. The molecule has 4 aromatic rings. The van der Waals surface area contributed by atoms with Crippen molar-refractivity contribution in [2.45, 2.75) is 6.18 Å². The molecule has 180 valence electrons. The molecule has 2 aromatic carbocycles. The summed E-state index contributed by atoms with van der Waals surface area (Å²) in [6.07, 6.45) is -4.69. The number of thiazole rings is 1. The van der Waals surface area contributed by atoms with Gasteiger partial charge in [0.2, 0.25) is 11.8 Å². The maximum atomic E-state index is 13.1. The third-order valence-corrected chi connectivity index (χ3v) is 5.99. The fraction of sp³-hybridized carbons (Fsp3) is 0.0909. The first-order valence-electron chi connectivity index (χ1n) is 9.72. The van der Waals surface area contributed by atoms with Crippen LogP contribution in [0.3, 0.4) is 0 Å². The number of hydrogen-bond acceptors (Lipinski definition) is 6. The number of rotatable bonds is 6. The number of benzene rings is 2. The molecule has 2 amide bonds. The summed E-state index contributed by atoms with van der Waals surface area (Å²) in [7, 11) is 0. The summed E-state index contributed by atoms with van der Waals surface area (Å²) >= 11 is 12.4. The molecule has 0 aliphatic heterocycles. The monoisotopic (exact) mass is 540 g/mol. The maximum Gasteiger partial charge on any atom is 0.417 e. The van der Waals surface area contributed by atoms with Crippen LogP contribution < -0.4 is 15.4 Å². The van der Waals surface area contributed by atoms with Crippen LogP contribution in [0.15, 0.2) is 54.6 Å². The van der Waals surface area contributed by atoms with Gasteiger partial charge in [0.1, 0.15) is 22.0 Å². The van der Waals surface area contributed by atoms with E-state index < -0.39 is 28.6 Å². The Morgan fingerprint density at radius 3 is 2.54 bits per heavy atom. The van der Waals surface area contributed by atoms with Gasteiger partial charge in [-0.15, -0.1) is 11.6 Å². The van der Waals surface area contributed by atoms with Crippen molar-refractivity contribution in [2.24, 2.45) is 0 Å². The van der Waals surface area contributed by atoms with Crippen molar-refractivity contribution < 1.29 is 27.5 Å². The van der Waals surface area contributed by atoms with Crippen LogP contribution in [0.2, 0.25) is 5.02 Å². The van der Waals surface area contributed by atoms with Gasteiger partial charge in [-0.2, -0.15) is 13.2 Å². The zero-order valence-corrected chi connectivity index (χ0v) is 19.6. The highest BCUT2D eigenvalue weighted by Gasteiger charge is 2.34. The number of nitrogens with one attached hydrogen (secondary N) is 2. The van der Waals surface area contributed by atoms with E-state index in [4.69, 9.17) is 27.9 Å². The minimum absolute atomic E-state index is 0.204. The van der Waals surface area contributed by atoms with E-state index in [9.17, 15) is 22.8 Å². The zero-order valence-electron chi connectivity index (χ0n) is 17.3. The molecule has 2 N–H and O–H groups in total. The molecule has 0 aliphatic rings. The molecule has 0 spiro atoms. The number of fused-ring (bicyclic) bond motifs is 1. The number of hydrogen-bond donors (Lipinski definition) is 2. The molecule has 0 saturated carbocycles. The first-order valence-corrected chi connectivity index (χ1v) is 11.5. The van der Waals surface area contributed by atoms with Crippen molar-refractivity contribution in [1.29, 1.82) is 0 Å². The zero-order chi connectivity index (χ0) is 25.2. The van der Waals surface area contributed by atoms with Crippen LogP contribution in [0.25, 0.3) is 10.3 Å². The number of alkyl halides is 4. The van der Waals surface area contributed by atoms with Crippen LogP contribution in [-0.2, 0) is 11.0 Å². The smallest absolute Gasteiger partial charge is 0.417 e. The average molecular weight is 541 g/mol. The highest BCUT2D eigenvalue weighted by atomic mass is 35.5. The topological polar surface area (TPSA) is 93.2 Å². The van der Waals surface area contributed by atoms with Gasteiger partial charge in [0.15, 0.2) is 5.13 Å². The van der Waals surface area contributed by atoms with Crippen LogP contribution in [-0.4, -0.2) is 27.7 Å². The molecule has 0 bridgehead atoms. The van der Waals surface area contributed by atoms with Crippen LogP contribution >= 0.6 is 34.5 Å². The van der Waals surface area contributed by atoms with E-state index in [1.165, 1.54) is 18.2 Å². The normalized spacial score (nSPS) is 11.3. The summed E-state index contributed by atoms with van der Waals surface area (Å²) < 4.78 is 45.0. The van der Waals surface area contributed by atoms with Gasteiger partial charge < -0.3 is 15.4 Å². The van der Waals surface area contributed by atoms with E-state index in [-0.39, 0.29) is 23.0 Å². The summed E-state index contributed by atoms with van der Waals surface area (Å²) in [4.78, 5) is 33.1. The summed E-state index contributed by atoms with van der Waals surface area (Å²) in [6, 6.07) is 12.6. The van der Waals surface area contributed by atoms with E-state index in [0.717, 1.165) is 23.5 Å². The molecular formula is C22H13Cl2F3N4O3S. The Labute approximate surface area is 209 Å². The summed E-state index contributed by atoms with van der Waals surface area (Å²) in [6.45, 7) is 0. The lowest BCUT2D eigenvalue weighted by atomic mass is 10.1. The molecule has 2 aromatic heterocycles. The number of carbonyl (C=O) groups excluding carboxylic acids is 2. The molecule has 0 fully saturated rings. The Kier molecular flexibility index (Phi) is 7.10. The number of anilines is 2. The lowest BCUT2D eigenvalue weighted by Crippen LogP contribution is -2.15. The molecule has 35 heavy (non-hydrogen) atoms. The number of aromatic nitrogens is 2. The molecule has 7 nitrogen and oxygen atoms in total. The van der Waals surface area contributed by atoms with E-state index in [2.05, 4.69) is 20.6 Å². The van der Waals surface area contributed by atoms with Gasteiger partial charge in [-0.1, -0.05) is 35.1 Å². The van der Waals surface area contributed by atoms with Gasteiger partial charge in [0, 0.05) is 17.8 Å². The number of nitrogens with zero attached hydrogens (tertiary/aromatic N) is 2. The van der Waals surface area contributed by atoms with Crippen molar-refractivity contribution in [1.82, 2.24) is 9.97 Å². The predicted octanol–water partition coefficient (Wildman–Crippen LogP) is 6.59. The van der Waals surface area contributed by atoms with Crippen molar-refractivity contribution in [3.05, 3.63) is 70.7 Å².